The Morgan fingerprint density at radius 1 is 1.05 bits per heavy atom. The predicted octanol–water partition coefficient (Wildman–Crippen LogP) is 4.06. The molecule has 2 aromatic heterocycles. The average Bonchev–Trinajstić information content (AvgIpc) is 3.43. The first-order chi connectivity index (χ1) is 19.3. The van der Waals surface area contributed by atoms with E-state index in [1.54, 1.807) is 42.4 Å². The van der Waals surface area contributed by atoms with Gasteiger partial charge in [0.2, 0.25) is 0 Å². The van der Waals surface area contributed by atoms with Crippen LogP contribution in [-0.4, -0.2) is 46.6 Å². The maximum Gasteiger partial charge on any atom is 0.351 e. The lowest BCUT2D eigenvalue weighted by molar-refractivity contribution is -0.00349. The van der Waals surface area contributed by atoms with Crippen LogP contribution in [0.15, 0.2) is 102 Å². The van der Waals surface area contributed by atoms with Crippen molar-refractivity contribution in [3.63, 3.8) is 0 Å². The largest absolute Gasteiger partial charge is 0.404 e. The number of nitrogens with zero attached hydrogens (tertiary/aromatic N) is 3. The van der Waals surface area contributed by atoms with Gasteiger partial charge < -0.3 is 14.5 Å². The van der Waals surface area contributed by atoms with Gasteiger partial charge in [-0.15, -0.1) is 11.8 Å². The molecule has 0 saturated carbocycles. The minimum absolute atomic E-state index is 0.144. The quantitative estimate of drug-likeness (QED) is 0.318. The molecule has 1 aliphatic heterocycles. The van der Waals surface area contributed by atoms with Crippen molar-refractivity contribution in [2.24, 2.45) is 0 Å². The van der Waals surface area contributed by atoms with Crippen LogP contribution in [0.25, 0.3) is 0 Å². The molecule has 0 unspecified atom stereocenters. The number of carbonyl (C=O) groups excluding carboxylic acids is 1. The van der Waals surface area contributed by atoms with E-state index in [9.17, 15) is 9.59 Å². The van der Waals surface area contributed by atoms with Gasteiger partial charge in [-0.2, -0.15) is 4.98 Å². The lowest BCUT2D eigenvalue weighted by atomic mass is 10.2. The van der Waals surface area contributed by atoms with E-state index in [4.69, 9.17) is 9.16 Å². The van der Waals surface area contributed by atoms with Crippen LogP contribution in [0.4, 0.5) is 5.82 Å². The Hall–Kier alpha value is -3.57. The van der Waals surface area contributed by atoms with Gasteiger partial charge >= 0.3 is 5.69 Å². The highest BCUT2D eigenvalue weighted by Gasteiger charge is 2.50. The smallest absolute Gasteiger partial charge is 0.351 e. The fraction of sp³-hybridized carbons (Fsp3) is 0.267. The average molecular weight is 573 g/mol. The van der Waals surface area contributed by atoms with Crippen molar-refractivity contribution in [1.29, 1.82) is 0 Å². The summed E-state index contributed by atoms with van der Waals surface area (Å²) in [6.07, 6.45) is 4.16. The Morgan fingerprint density at radius 2 is 1.73 bits per heavy atom. The number of hydrogen-bond acceptors (Lipinski definition) is 7. The fourth-order valence-corrected chi connectivity index (χ4v) is 10.7. The topological polar surface area (TPSA) is 95.3 Å². The Kier molecular flexibility index (Phi) is 8.31. The maximum absolute atomic E-state index is 12.8. The first-order valence-corrected chi connectivity index (χ1v) is 16.1. The zero-order chi connectivity index (χ0) is 28.2. The van der Waals surface area contributed by atoms with Crippen molar-refractivity contribution in [3.8, 4) is 0 Å². The van der Waals surface area contributed by atoms with E-state index in [-0.39, 0.29) is 22.2 Å². The third-order valence-corrected chi connectivity index (χ3v) is 13.0. The van der Waals surface area contributed by atoms with Gasteiger partial charge in [0.05, 0.1) is 12.2 Å². The molecule has 0 aliphatic carbocycles. The molecule has 3 heterocycles. The summed E-state index contributed by atoms with van der Waals surface area (Å²) in [5, 5.41) is 4.91. The van der Waals surface area contributed by atoms with Crippen molar-refractivity contribution in [2.75, 3.05) is 17.7 Å². The normalized spacial score (nSPS) is 17.5. The van der Waals surface area contributed by atoms with Gasteiger partial charge in [-0.25, -0.2) is 4.79 Å². The number of nitrogens with one attached hydrogen (secondary N) is 1. The molecule has 0 spiro atoms. The molecule has 1 N–H and O–H groups in total. The molecule has 8 nitrogen and oxygen atoms in total. The van der Waals surface area contributed by atoms with E-state index in [1.807, 2.05) is 12.1 Å². The molecule has 4 aromatic rings. The number of thioether (sulfide) groups is 1. The van der Waals surface area contributed by atoms with Crippen LogP contribution in [-0.2, 0) is 9.16 Å². The Balaban J connectivity index is 1.31. The van der Waals surface area contributed by atoms with Crippen LogP contribution in [0.2, 0.25) is 5.04 Å². The number of ether oxygens (including phenoxy) is 1. The molecule has 2 atom stereocenters. The molecular formula is C30H32N4O4SSi. The van der Waals surface area contributed by atoms with E-state index >= 15 is 0 Å². The second-order valence-corrected chi connectivity index (χ2v) is 16.0. The minimum atomic E-state index is -2.70. The van der Waals surface area contributed by atoms with E-state index in [2.05, 4.69) is 84.6 Å². The Labute approximate surface area is 238 Å². The molecule has 5 rings (SSSR count). The van der Waals surface area contributed by atoms with Crippen molar-refractivity contribution >= 4 is 42.2 Å². The maximum atomic E-state index is 12.8. The van der Waals surface area contributed by atoms with E-state index < -0.39 is 20.2 Å². The molecule has 1 saturated heterocycles. The highest BCUT2D eigenvalue weighted by atomic mass is 32.2. The summed E-state index contributed by atoms with van der Waals surface area (Å²) in [6, 6.07) is 25.9. The molecule has 1 aliphatic rings. The number of pyridine rings is 1. The number of carbonyl (C=O) groups is 1. The van der Waals surface area contributed by atoms with Crippen LogP contribution in [0.5, 0.6) is 0 Å². The van der Waals surface area contributed by atoms with E-state index in [1.165, 1.54) is 21.1 Å². The van der Waals surface area contributed by atoms with Gasteiger partial charge in [-0.1, -0.05) is 81.4 Å². The van der Waals surface area contributed by atoms with Gasteiger partial charge in [-0.05, 0) is 33.6 Å². The number of anilines is 1. The second kappa shape index (κ2) is 11.9. The monoisotopic (exact) mass is 572 g/mol. The molecule has 40 heavy (non-hydrogen) atoms. The third-order valence-electron chi connectivity index (χ3n) is 6.89. The van der Waals surface area contributed by atoms with Crippen molar-refractivity contribution in [2.45, 2.75) is 37.5 Å². The van der Waals surface area contributed by atoms with Crippen LogP contribution >= 0.6 is 11.8 Å². The molecular weight excluding hydrogens is 541 g/mol. The van der Waals surface area contributed by atoms with Gasteiger partial charge in [0.25, 0.3) is 14.2 Å². The molecule has 206 valence electrons. The van der Waals surface area contributed by atoms with Gasteiger partial charge in [0.1, 0.15) is 17.5 Å². The number of amides is 1. The summed E-state index contributed by atoms with van der Waals surface area (Å²) < 4.78 is 14.7. The predicted molar refractivity (Wildman–Crippen MR) is 161 cm³/mol. The summed E-state index contributed by atoms with van der Waals surface area (Å²) in [6.45, 7) is 7.11. The zero-order valence-electron chi connectivity index (χ0n) is 22.7. The second-order valence-electron chi connectivity index (χ2n) is 10.5. The molecule has 2 aromatic carbocycles. The van der Waals surface area contributed by atoms with Gasteiger partial charge in [0, 0.05) is 24.3 Å². The number of hydrogen-bond donors (Lipinski definition) is 1. The van der Waals surface area contributed by atoms with E-state index in [0.717, 1.165) is 0 Å². The lowest BCUT2D eigenvalue weighted by Crippen LogP contribution is -2.67. The van der Waals surface area contributed by atoms with Gasteiger partial charge in [-0.3, -0.25) is 14.3 Å². The lowest BCUT2D eigenvalue weighted by Gasteiger charge is -2.43. The molecule has 0 bridgehead atoms. The van der Waals surface area contributed by atoms with Crippen LogP contribution < -0.4 is 21.4 Å². The SMILES string of the molecule is CC(C)(C)[Si](OC[C@@H]1O[C@H](n2ccc(NC(=O)c3cccnc3)nc2=O)CS1)(c1ccccc1)c1ccccc1. The minimum Gasteiger partial charge on any atom is -0.404 e. The first kappa shape index (κ1) is 28.0. The van der Waals surface area contributed by atoms with Gasteiger partial charge in [0.15, 0.2) is 0 Å². The standard InChI is InChI=1S/C30H32N4O4SSi/c1-30(2,3)40(23-12-6-4-7-13-23,24-14-8-5-9-15-24)37-20-27-38-26(21-39-27)34-18-16-25(33-29(34)36)32-28(35)22-11-10-17-31-19-22/h4-19,26-27H,20-21H2,1-3H3,(H,32,33,35,36)/t26-,27+/m0/s1. The molecule has 1 amide bonds. The van der Waals surface area contributed by atoms with E-state index in [0.29, 0.717) is 17.9 Å². The molecule has 1 fully saturated rings. The summed E-state index contributed by atoms with van der Waals surface area (Å²) in [5.41, 5.74) is -0.362. The van der Waals surface area contributed by atoms with Crippen molar-refractivity contribution in [1.82, 2.24) is 14.5 Å². The summed E-state index contributed by atoms with van der Waals surface area (Å²) in [7, 11) is -2.70. The summed E-state index contributed by atoms with van der Waals surface area (Å²) in [4.78, 5) is 33.2. The van der Waals surface area contributed by atoms with Crippen LogP contribution in [0.1, 0.15) is 37.4 Å². The van der Waals surface area contributed by atoms with Crippen molar-refractivity contribution in [3.05, 3.63) is 114 Å². The van der Waals surface area contributed by atoms with Crippen LogP contribution in [0, 0.1) is 0 Å². The zero-order valence-corrected chi connectivity index (χ0v) is 24.5. The highest BCUT2D eigenvalue weighted by molar-refractivity contribution is 8.00. The molecule has 10 heteroatoms. The fourth-order valence-electron chi connectivity index (χ4n) is 5.02. The third kappa shape index (κ3) is 5.80. The highest BCUT2D eigenvalue weighted by Crippen LogP contribution is 2.38. The van der Waals surface area contributed by atoms with Crippen LogP contribution in [0.3, 0.4) is 0 Å². The Bertz CT molecular complexity index is 1460. The molecule has 0 radical (unpaired) electrons. The Morgan fingerprint density at radius 3 is 2.30 bits per heavy atom. The number of aromatic nitrogens is 3. The van der Waals surface area contributed by atoms with Crippen molar-refractivity contribution < 1.29 is 14.0 Å². The first-order valence-electron chi connectivity index (χ1n) is 13.1. The number of benzene rings is 2. The summed E-state index contributed by atoms with van der Waals surface area (Å²) >= 11 is 1.62. The number of rotatable bonds is 8. The summed E-state index contributed by atoms with van der Waals surface area (Å²) in [5.74, 6) is 0.371.